The minimum Gasteiger partial charge on any atom is -0.492 e. The third kappa shape index (κ3) is 5.65. The molecule has 0 N–H and O–H groups in total. The van der Waals surface area contributed by atoms with Crippen molar-refractivity contribution in [3.8, 4) is 28.5 Å². The largest absolute Gasteiger partial charge is 0.492 e. The Kier molecular flexibility index (Phi) is 6.82. The van der Waals surface area contributed by atoms with Gasteiger partial charge in [-0.2, -0.15) is 5.10 Å². The van der Waals surface area contributed by atoms with Gasteiger partial charge in [-0.15, -0.1) is 0 Å². The zero-order valence-electron chi connectivity index (χ0n) is 20.8. The lowest BCUT2D eigenvalue weighted by molar-refractivity contribution is 0.238. The smallest absolute Gasteiger partial charge is 0.156 e. The molecule has 1 saturated heterocycles. The standard InChI is InChI=1S/C31H30N4O2/c1-2-7-27(8-3-1)37-28-17-13-25(14-18-28)29-9-6-10-31-32-30(33-35(29)31)23-24-11-15-26(16-12-24)36-22-21-34-19-4-5-20-34/h1-3,6-18H,4-5,19-23H2. The molecule has 0 unspecified atom stereocenters. The van der Waals surface area contributed by atoms with E-state index in [0.717, 1.165) is 58.7 Å². The molecule has 0 saturated carbocycles. The maximum absolute atomic E-state index is 5.94. The highest BCUT2D eigenvalue weighted by molar-refractivity contribution is 5.63. The number of pyridine rings is 1. The van der Waals surface area contributed by atoms with Crippen LogP contribution in [0.15, 0.2) is 97.1 Å². The zero-order valence-corrected chi connectivity index (χ0v) is 20.8. The van der Waals surface area contributed by atoms with Gasteiger partial charge in [-0.1, -0.05) is 36.4 Å². The van der Waals surface area contributed by atoms with Gasteiger partial charge in [0, 0.05) is 18.5 Å². The van der Waals surface area contributed by atoms with Gasteiger partial charge in [0.2, 0.25) is 0 Å². The topological polar surface area (TPSA) is 51.9 Å². The predicted molar refractivity (Wildman–Crippen MR) is 145 cm³/mol. The first-order chi connectivity index (χ1) is 18.3. The first-order valence-corrected chi connectivity index (χ1v) is 12.9. The number of para-hydroxylation sites is 1. The van der Waals surface area contributed by atoms with E-state index in [1.54, 1.807) is 0 Å². The van der Waals surface area contributed by atoms with Gasteiger partial charge in [0.1, 0.15) is 23.9 Å². The lowest BCUT2D eigenvalue weighted by Gasteiger charge is -2.14. The zero-order chi connectivity index (χ0) is 24.9. The summed E-state index contributed by atoms with van der Waals surface area (Å²) in [6.45, 7) is 4.13. The molecule has 2 aromatic heterocycles. The van der Waals surface area contributed by atoms with Crippen LogP contribution in [-0.4, -0.2) is 45.7 Å². The highest BCUT2D eigenvalue weighted by Crippen LogP contribution is 2.26. The van der Waals surface area contributed by atoms with Crippen LogP contribution >= 0.6 is 0 Å². The van der Waals surface area contributed by atoms with Crippen LogP contribution in [0.4, 0.5) is 0 Å². The summed E-state index contributed by atoms with van der Waals surface area (Å²) in [6.07, 6.45) is 3.28. The van der Waals surface area contributed by atoms with Gasteiger partial charge >= 0.3 is 0 Å². The van der Waals surface area contributed by atoms with E-state index < -0.39 is 0 Å². The second-order valence-electron chi connectivity index (χ2n) is 9.37. The quantitative estimate of drug-likeness (QED) is 0.244. The molecule has 6 rings (SSSR count). The molecular weight excluding hydrogens is 460 g/mol. The number of fused-ring (bicyclic) bond motifs is 1. The molecule has 6 heteroatoms. The molecule has 3 heterocycles. The van der Waals surface area contributed by atoms with Crippen LogP contribution in [0.5, 0.6) is 17.2 Å². The molecule has 37 heavy (non-hydrogen) atoms. The summed E-state index contributed by atoms with van der Waals surface area (Å²) >= 11 is 0. The van der Waals surface area contributed by atoms with Crippen LogP contribution in [0.3, 0.4) is 0 Å². The second-order valence-corrected chi connectivity index (χ2v) is 9.37. The van der Waals surface area contributed by atoms with Gasteiger partial charge in [0.15, 0.2) is 11.5 Å². The van der Waals surface area contributed by atoms with E-state index in [-0.39, 0.29) is 0 Å². The lowest BCUT2D eigenvalue weighted by atomic mass is 10.1. The first kappa shape index (κ1) is 23.3. The van der Waals surface area contributed by atoms with Crippen molar-refractivity contribution in [3.63, 3.8) is 0 Å². The molecular formula is C31H30N4O2. The van der Waals surface area contributed by atoms with Crippen molar-refractivity contribution in [2.75, 3.05) is 26.2 Å². The van der Waals surface area contributed by atoms with E-state index in [0.29, 0.717) is 6.42 Å². The van der Waals surface area contributed by atoms with Crippen LogP contribution in [-0.2, 0) is 6.42 Å². The lowest BCUT2D eigenvalue weighted by Crippen LogP contribution is -2.25. The number of rotatable bonds is 9. The van der Waals surface area contributed by atoms with Gasteiger partial charge in [0.05, 0.1) is 5.69 Å². The fourth-order valence-electron chi connectivity index (χ4n) is 4.75. The third-order valence-corrected chi connectivity index (χ3v) is 6.69. The van der Waals surface area contributed by atoms with E-state index in [4.69, 9.17) is 19.6 Å². The van der Waals surface area contributed by atoms with Crippen molar-refractivity contribution in [1.82, 2.24) is 19.5 Å². The highest BCUT2D eigenvalue weighted by Gasteiger charge is 2.12. The molecule has 0 spiro atoms. The van der Waals surface area contributed by atoms with Crippen LogP contribution in [0, 0.1) is 0 Å². The summed E-state index contributed by atoms with van der Waals surface area (Å²) in [6, 6.07) is 32.2. The fourth-order valence-corrected chi connectivity index (χ4v) is 4.75. The van der Waals surface area contributed by atoms with Crippen LogP contribution in [0.1, 0.15) is 24.2 Å². The average molecular weight is 491 g/mol. The fraction of sp³-hybridized carbons (Fsp3) is 0.226. The van der Waals surface area contributed by atoms with Gasteiger partial charge < -0.3 is 9.47 Å². The van der Waals surface area contributed by atoms with E-state index in [1.165, 1.54) is 25.9 Å². The molecule has 5 aromatic rings. The van der Waals surface area contributed by atoms with Gasteiger partial charge in [-0.25, -0.2) is 9.50 Å². The van der Waals surface area contributed by atoms with Crippen LogP contribution in [0.2, 0.25) is 0 Å². The van der Waals surface area contributed by atoms with Crippen LogP contribution in [0.25, 0.3) is 16.9 Å². The van der Waals surface area contributed by atoms with Crippen molar-refractivity contribution in [2.45, 2.75) is 19.3 Å². The minimum absolute atomic E-state index is 0.666. The summed E-state index contributed by atoms with van der Waals surface area (Å²) in [5, 5.41) is 4.83. The molecule has 186 valence electrons. The number of ether oxygens (including phenoxy) is 2. The normalized spacial score (nSPS) is 13.7. The molecule has 1 aliphatic heterocycles. The molecule has 0 aliphatic carbocycles. The molecule has 0 radical (unpaired) electrons. The third-order valence-electron chi connectivity index (χ3n) is 6.69. The number of likely N-dealkylation sites (tertiary alicyclic amines) is 1. The number of hydrogen-bond donors (Lipinski definition) is 0. The van der Waals surface area contributed by atoms with E-state index in [1.807, 2.05) is 71.2 Å². The Bertz CT molecular complexity index is 1440. The van der Waals surface area contributed by atoms with Crippen molar-refractivity contribution in [1.29, 1.82) is 0 Å². The van der Waals surface area contributed by atoms with Gasteiger partial charge in [-0.05, 0) is 92.2 Å². The van der Waals surface area contributed by atoms with Crippen molar-refractivity contribution in [2.24, 2.45) is 0 Å². The van der Waals surface area contributed by atoms with Crippen molar-refractivity contribution < 1.29 is 9.47 Å². The second kappa shape index (κ2) is 10.8. The van der Waals surface area contributed by atoms with Gasteiger partial charge in [0.25, 0.3) is 0 Å². The summed E-state index contributed by atoms with van der Waals surface area (Å²) < 4.78 is 13.8. The maximum Gasteiger partial charge on any atom is 0.156 e. The number of hydrogen-bond acceptors (Lipinski definition) is 5. The Labute approximate surface area is 217 Å². The molecule has 1 fully saturated rings. The molecule has 6 nitrogen and oxygen atoms in total. The Morgan fingerprint density at radius 1 is 0.703 bits per heavy atom. The van der Waals surface area contributed by atoms with Crippen molar-refractivity contribution >= 4 is 5.65 Å². The molecule has 1 aliphatic rings. The van der Waals surface area contributed by atoms with Gasteiger partial charge in [-0.3, -0.25) is 4.90 Å². The highest BCUT2D eigenvalue weighted by atomic mass is 16.5. The van der Waals surface area contributed by atoms with E-state index in [2.05, 4.69) is 35.2 Å². The predicted octanol–water partition coefficient (Wildman–Crippen LogP) is 6.25. The Morgan fingerprint density at radius 3 is 2.22 bits per heavy atom. The average Bonchev–Trinajstić information content (AvgIpc) is 3.60. The summed E-state index contributed by atoms with van der Waals surface area (Å²) in [4.78, 5) is 7.24. The monoisotopic (exact) mass is 490 g/mol. The molecule has 0 bridgehead atoms. The Hall–Kier alpha value is -4.16. The number of nitrogens with zero attached hydrogens (tertiary/aromatic N) is 4. The Morgan fingerprint density at radius 2 is 1.43 bits per heavy atom. The van der Waals surface area contributed by atoms with Crippen LogP contribution < -0.4 is 9.47 Å². The van der Waals surface area contributed by atoms with E-state index in [9.17, 15) is 0 Å². The SMILES string of the molecule is c1ccc(Oc2ccc(-c3cccc4nc(Cc5ccc(OCCN6CCCC6)cc5)nn34)cc2)cc1. The number of benzene rings is 3. The molecule has 0 atom stereocenters. The summed E-state index contributed by atoms with van der Waals surface area (Å²) in [5.41, 5.74) is 4.04. The van der Waals surface area contributed by atoms with Crippen molar-refractivity contribution in [3.05, 3.63) is 108 Å². The summed E-state index contributed by atoms with van der Waals surface area (Å²) in [5.74, 6) is 3.32. The minimum atomic E-state index is 0.666. The maximum atomic E-state index is 5.94. The molecule has 3 aromatic carbocycles. The Balaban J connectivity index is 1.12. The summed E-state index contributed by atoms with van der Waals surface area (Å²) in [7, 11) is 0. The molecule has 0 amide bonds. The number of aromatic nitrogens is 3. The van der Waals surface area contributed by atoms with E-state index >= 15 is 0 Å². The first-order valence-electron chi connectivity index (χ1n) is 12.9.